The maximum absolute atomic E-state index is 13.9. The molecule has 1 N–H and O–H groups in total. The second-order valence-electron chi connectivity index (χ2n) is 15.1. The van der Waals surface area contributed by atoms with Crippen LogP contribution in [0.25, 0.3) is 0 Å². The van der Waals surface area contributed by atoms with Crippen LogP contribution in [-0.4, -0.2) is 60.6 Å². The minimum absolute atomic E-state index is 0.0923. The predicted molar refractivity (Wildman–Crippen MR) is 217 cm³/mol. The third kappa shape index (κ3) is 5.57. The van der Waals surface area contributed by atoms with Crippen LogP contribution in [0.15, 0.2) is 103 Å². The van der Waals surface area contributed by atoms with E-state index in [0.29, 0.717) is 23.2 Å². The number of para-hydroxylation sites is 1. The molecule has 0 atom stereocenters. The summed E-state index contributed by atoms with van der Waals surface area (Å²) in [6.07, 6.45) is 0.0923. The van der Waals surface area contributed by atoms with Gasteiger partial charge in [0, 0.05) is 85.9 Å². The monoisotopic (exact) mass is 730 g/mol. The van der Waals surface area contributed by atoms with Gasteiger partial charge in [-0.2, -0.15) is 0 Å². The molecule has 5 aromatic rings. The third-order valence-corrected chi connectivity index (χ3v) is 14.6. The number of ether oxygens (including phenoxy) is 1. The molecule has 2 amide bonds. The van der Waals surface area contributed by atoms with Gasteiger partial charge in [-0.3, -0.25) is 9.59 Å². The zero-order chi connectivity index (χ0) is 37.9. The summed E-state index contributed by atoms with van der Waals surface area (Å²) in [6.45, 7) is 5.20. The van der Waals surface area contributed by atoms with E-state index in [1.165, 1.54) is 10.4 Å². The second kappa shape index (κ2) is 13.1. The highest BCUT2D eigenvalue weighted by molar-refractivity contribution is 7.01. The molecule has 0 unspecified atom stereocenters. The van der Waals surface area contributed by atoms with Gasteiger partial charge in [-0.15, -0.1) is 0 Å². The van der Waals surface area contributed by atoms with Gasteiger partial charge in [0.2, 0.25) is 5.91 Å². The van der Waals surface area contributed by atoms with Crippen molar-refractivity contribution < 1.29 is 19.1 Å². The van der Waals surface area contributed by atoms with E-state index >= 15 is 0 Å². The average Bonchev–Trinajstić information content (AvgIpc) is 3.46. The zero-order valence-corrected chi connectivity index (χ0v) is 32.4. The van der Waals surface area contributed by atoms with Gasteiger partial charge in [0.05, 0.1) is 17.8 Å². The molecule has 270 valence electrons. The maximum Gasteiger partial charge on any atom is 0.340 e. The van der Waals surface area contributed by atoms with Crippen LogP contribution in [-0.2, 0) is 21.7 Å². The van der Waals surface area contributed by atoms with Crippen LogP contribution in [0.3, 0.4) is 0 Å². The van der Waals surface area contributed by atoms with E-state index in [0.717, 1.165) is 44.9 Å². The standard InChI is InChI=1S/C45H42N4O4Si/c1-47(2)33-18-21-36-40(26-33)54(5,6)41-27-34(48(3)4)19-22-37(41)45(36)38-25-31(17-20-35(38)44(52)53-45)43(51)46-24-23-42(50)49-28-32-13-8-7-11-29(32)15-16-30-12-9-10-14-39(30)49/h7-14,17-22,25-27H,23-24,28H2,1-6H3,(H,46,51). The van der Waals surface area contributed by atoms with Gasteiger partial charge in [0.15, 0.2) is 5.60 Å². The number of esters is 1. The summed E-state index contributed by atoms with van der Waals surface area (Å²) in [6, 6.07) is 33.5. The molecule has 3 heterocycles. The third-order valence-electron chi connectivity index (χ3n) is 11.1. The zero-order valence-electron chi connectivity index (χ0n) is 31.4. The molecule has 1 spiro atoms. The van der Waals surface area contributed by atoms with Crippen LogP contribution in [0.5, 0.6) is 0 Å². The predicted octanol–water partition coefficient (Wildman–Crippen LogP) is 5.48. The van der Waals surface area contributed by atoms with Gasteiger partial charge >= 0.3 is 5.97 Å². The molecule has 0 aromatic heterocycles. The molecule has 8 nitrogen and oxygen atoms in total. The molecule has 0 aliphatic carbocycles. The molecule has 5 aromatic carbocycles. The number of hydrogen-bond acceptors (Lipinski definition) is 6. The molecule has 8 rings (SSSR count). The first kappa shape index (κ1) is 34.9. The molecule has 0 saturated heterocycles. The van der Waals surface area contributed by atoms with E-state index in [1.54, 1.807) is 23.1 Å². The Bertz CT molecular complexity index is 2400. The fourth-order valence-corrected chi connectivity index (χ4v) is 11.3. The first-order valence-corrected chi connectivity index (χ1v) is 21.2. The van der Waals surface area contributed by atoms with E-state index in [4.69, 9.17) is 4.74 Å². The van der Waals surface area contributed by atoms with Crippen molar-refractivity contribution in [2.45, 2.75) is 31.7 Å². The molecule has 0 fully saturated rings. The number of carbonyl (C=O) groups is 3. The lowest BCUT2D eigenvalue weighted by Gasteiger charge is -2.44. The van der Waals surface area contributed by atoms with E-state index in [2.05, 4.69) is 76.4 Å². The van der Waals surface area contributed by atoms with E-state index < -0.39 is 19.6 Å². The molecule has 0 bridgehead atoms. The Morgan fingerprint density at radius 3 is 2.06 bits per heavy atom. The molecular formula is C45H42N4O4Si. The number of nitrogens with one attached hydrogen (secondary N) is 1. The summed E-state index contributed by atoms with van der Waals surface area (Å²) < 4.78 is 6.56. The van der Waals surface area contributed by atoms with E-state index in [9.17, 15) is 14.4 Å². The van der Waals surface area contributed by atoms with Crippen molar-refractivity contribution >= 4 is 53.3 Å². The number of benzene rings is 5. The van der Waals surface area contributed by atoms with Crippen LogP contribution >= 0.6 is 0 Å². The fourth-order valence-electron chi connectivity index (χ4n) is 8.09. The quantitative estimate of drug-likeness (QED) is 0.142. The highest BCUT2D eigenvalue weighted by Gasteiger charge is 2.56. The lowest BCUT2D eigenvalue weighted by atomic mass is 9.78. The van der Waals surface area contributed by atoms with Crippen LogP contribution in [0, 0.1) is 11.8 Å². The minimum Gasteiger partial charge on any atom is -0.441 e. The van der Waals surface area contributed by atoms with Crippen molar-refractivity contribution in [3.8, 4) is 11.8 Å². The number of fused-ring (bicyclic) bond motifs is 8. The van der Waals surface area contributed by atoms with Crippen LogP contribution in [0.2, 0.25) is 13.1 Å². The number of carbonyl (C=O) groups excluding carboxylic acids is 3. The Morgan fingerprint density at radius 1 is 0.778 bits per heavy atom. The molecule has 3 aliphatic heterocycles. The first-order chi connectivity index (χ1) is 25.9. The van der Waals surface area contributed by atoms with Gasteiger partial charge in [0.1, 0.15) is 8.07 Å². The molecule has 54 heavy (non-hydrogen) atoms. The summed E-state index contributed by atoms with van der Waals surface area (Å²) in [4.78, 5) is 47.4. The number of anilines is 3. The van der Waals surface area contributed by atoms with Gasteiger partial charge < -0.3 is 24.8 Å². The Morgan fingerprint density at radius 2 is 1.39 bits per heavy atom. The van der Waals surface area contributed by atoms with Crippen molar-refractivity contribution in [2.75, 3.05) is 49.4 Å². The highest BCUT2D eigenvalue weighted by atomic mass is 28.3. The highest BCUT2D eigenvalue weighted by Crippen LogP contribution is 2.49. The SMILES string of the molecule is CN(C)c1ccc2c(c1)[Si](C)(C)c1cc(N(C)C)ccc1C21OC(=O)c2ccc(C(=O)NCCC(=O)N3Cc4ccccc4C#Cc4ccccc43)cc21. The van der Waals surface area contributed by atoms with Gasteiger partial charge in [-0.25, -0.2) is 4.79 Å². The lowest BCUT2D eigenvalue weighted by molar-refractivity contribution is -0.118. The van der Waals surface area contributed by atoms with Crippen molar-refractivity contribution in [3.63, 3.8) is 0 Å². The summed E-state index contributed by atoms with van der Waals surface area (Å²) in [5.41, 5.74) is 7.64. The average molecular weight is 731 g/mol. The van der Waals surface area contributed by atoms with Crippen molar-refractivity contribution in [1.82, 2.24) is 5.32 Å². The topological polar surface area (TPSA) is 82.2 Å². The Hall–Kier alpha value is -6.11. The lowest BCUT2D eigenvalue weighted by Crippen LogP contribution is -2.63. The molecule has 0 radical (unpaired) electrons. The Kier molecular flexibility index (Phi) is 8.46. The number of rotatable bonds is 6. The van der Waals surface area contributed by atoms with Crippen LogP contribution < -0.4 is 30.4 Å². The maximum atomic E-state index is 13.9. The molecular weight excluding hydrogens is 689 g/mol. The van der Waals surface area contributed by atoms with E-state index in [1.807, 2.05) is 76.7 Å². The van der Waals surface area contributed by atoms with Gasteiger partial charge in [-0.1, -0.05) is 67.4 Å². The second-order valence-corrected chi connectivity index (χ2v) is 19.4. The largest absolute Gasteiger partial charge is 0.441 e. The van der Waals surface area contributed by atoms with Crippen molar-refractivity contribution in [3.05, 3.63) is 148 Å². The van der Waals surface area contributed by atoms with E-state index in [-0.39, 0.29) is 24.8 Å². The number of hydrogen-bond donors (Lipinski definition) is 1. The summed E-state index contributed by atoms with van der Waals surface area (Å²) in [7, 11) is 5.79. The molecule has 3 aliphatic rings. The van der Waals surface area contributed by atoms with Gasteiger partial charge in [-0.05, 0) is 76.6 Å². The smallest absolute Gasteiger partial charge is 0.340 e. The molecule has 0 saturated carbocycles. The van der Waals surface area contributed by atoms with Gasteiger partial charge in [0.25, 0.3) is 5.91 Å². The van der Waals surface area contributed by atoms with Crippen LogP contribution in [0.1, 0.15) is 60.5 Å². The minimum atomic E-state index is -2.32. The Balaban J connectivity index is 1.12. The van der Waals surface area contributed by atoms with Crippen LogP contribution in [0.4, 0.5) is 17.1 Å². The summed E-state index contributed by atoms with van der Waals surface area (Å²) in [5.74, 6) is 5.61. The fraction of sp³-hybridized carbons (Fsp3) is 0.222. The van der Waals surface area contributed by atoms with Crippen molar-refractivity contribution in [2.24, 2.45) is 0 Å². The summed E-state index contributed by atoms with van der Waals surface area (Å²) in [5, 5.41) is 5.35. The first-order valence-electron chi connectivity index (χ1n) is 18.2. The normalized spacial score (nSPS) is 15.1. The molecule has 9 heteroatoms. The number of nitrogens with zero attached hydrogens (tertiary/aromatic N) is 3. The Labute approximate surface area is 317 Å². The van der Waals surface area contributed by atoms with Crippen molar-refractivity contribution in [1.29, 1.82) is 0 Å². The summed E-state index contributed by atoms with van der Waals surface area (Å²) >= 11 is 0. The number of amides is 2.